The lowest BCUT2D eigenvalue weighted by Gasteiger charge is -2.22. The predicted octanol–water partition coefficient (Wildman–Crippen LogP) is 5.88. The number of amides is 4. The van der Waals surface area contributed by atoms with E-state index < -0.39 is 11.8 Å². The number of ether oxygens (including phenoxy) is 2. The molecule has 83 heavy (non-hydrogen) atoms. The first-order valence-electron chi connectivity index (χ1n) is 24.6. The van der Waals surface area contributed by atoms with Crippen molar-refractivity contribution in [2.45, 2.75) is 37.0 Å². The molecule has 0 radical (unpaired) electrons. The van der Waals surface area contributed by atoms with Crippen LogP contribution in [0, 0.1) is 53.4 Å². The van der Waals surface area contributed by atoms with E-state index in [0.29, 0.717) is 84.7 Å². The number of primary amides is 2. The lowest BCUT2D eigenvalue weighted by molar-refractivity contribution is -0.128. The largest absolute Gasteiger partial charge is 0.384 e. The van der Waals surface area contributed by atoms with Crippen LogP contribution in [0.2, 0.25) is 0 Å². The average molecular weight is 1320 g/mol. The minimum absolute atomic E-state index is 0.106. The quantitative estimate of drug-likeness (QED) is 0.0413. The van der Waals surface area contributed by atoms with E-state index in [4.69, 9.17) is 50.2 Å². The molecular weight excluding hydrogens is 1260 g/mol. The number of nitriles is 2. The topological polar surface area (TPSA) is 330 Å². The van der Waals surface area contributed by atoms with Crippen molar-refractivity contribution in [3.05, 3.63) is 147 Å². The molecule has 2 fully saturated rings. The summed E-state index contributed by atoms with van der Waals surface area (Å²) in [5, 5.41) is 32.0. The van der Waals surface area contributed by atoms with Crippen LogP contribution < -0.4 is 27.8 Å². The summed E-state index contributed by atoms with van der Waals surface area (Å²) >= 11 is 9.46. The number of nitrogens with two attached hydrogens (primary N) is 3. The number of terminal acetylenes is 1. The Morgan fingerprint density at radius 1 is 0.807 bits per heavy atom. The number of fused-ring (bicyclic) bond motifs is 2. The number of hydrogen-bond acceptors (Lipinski definition) is 16. The van der Waals surface area contributed by atoms with E-state index in [2.05, 4.69) is 125 Å². The van der Waals surface area contributed by atoms with E-state index in [9.17, 15) is 19.2 Å². The molecule has 25 nitrogen and oxygen atoms in total. The van der Waals surface area contributed by atoms with Gasteiger partial charge in [0.1, 0.15) is 51.7 Å². The fourth-order valence-corrected chi connectivity index (χ4v) is 9.54. The van der Waals surface area contributed by atoms with E-state index >= 15 is 0 Å². The van der Waals surface area contributed by atoms with Gasteiger partial charge in [-0.1, -0.05) is 73.4 Å². The molecule has 2 saturated heterocycles. The van der Waals surface area contributed by atoms with Gasteiger partial charge >= 0.3 is 0 Å². The first-order chi connectivity index (χ1) is 39.9. The van der Waals surface area contributed by atoms with Gasteiger partial charge in [-0.05, 0) is 67.2 Å². The predicted molar refractivity (Wildman–Crippen MR) is 322 cm³/mol. The SMILES string of the molecule is C#Cc1nn([C@H]2C[C@H](COC)N(C(=O)C=C)C2)c(NC)c1C(N)=O.C=CC(=O)N1C[C@@H](n2nc(C#Cc3ccn4c(C#N)cnc4c3)c(C(N)=O)c2NC)C[C@@H]1COC.N#CCBr.Nc1cc(Br)ccn1.[C-]#[N+]c1cnc2cc(Br)ccn12. The van der Waals surface area contributed by atoms with Crippen LogP contribution in [0.3, 0.4) is 0 Å². The highest BCUT2D eigenvalue weighted by atomic mass is 79.9. The van der Waals surface area contributed by atoms with Crippen LogP contribution in [-0.2, 0) is 19.1 Å². The third kappa shape index (κ3) is 16.0. The number of imidazole rings is 2. The van der Waals surface area contributed by atoms with Crippen LogP contribution in [-0.4, -0.2) is 149 Å². The smallest absolute Gasteiger partial charge is 0.255 e. The highest BCUT2D eigenvalue weighted by Gasteiger charge is 2.39. The zero-order chi connectivity index (χ0) is 60.9. The molecule has 0 aromatic carbocycles. The van der Waals surface area contributed by atoms with Gasteiger partial charge in [0.05, 0.1) is 67.4 Å². The molecule has 2 aliphatic rings. The van der Waals surface area contributed by atoms with E-state index in [1.165, 1.54) is 18.3 Å². The monoisotopic (exact) mass is 1320 g/mol. The van der Waals surface area contributed by atoms with Crippen molar-refractivity contribution in [2.24, 2.45) is 11.5 Å². The molecule has 28 heteroatoms. The summed E-state index contributed by atoms with van der Waals surface area (Å²) in [4.78, 5) is 67.3. The lowest BCUT2D eigenvalue weighted by Crippen LogP contribution is -2.37. The summed E-state index contributed by atoms with van der Waals surface area (Å²) in [6.45, 7) is 15.5. The number of aromatic nitrogens is 9. The van der Waals surface area contributed by atoms with Crippen LogP contribution in [0.4, 0.5) is 23.3 Å². The molecular formula is C55H56Br3N19O6. The molecule has 0 aliphatic carbocycles. The molecule has 428 valence electrons. The Bertz CT molecular complexity index is 3740. The van der Waals surface area contributed by atoms with Gasteiger partial charge in [-0.15, -0.1) is 6.42 Å². The summed E-state index contributed by atoms with van der Waals surface area (Å²) in [7, 11) is 6.50. The zero-order valence-corrected chi connectivity index (χ0v) is 50.1. The normalized spacial score (nSPS) is 15.5. The molecule has 7 aromatic rings. The second kappa shape index (κ2) is 31.0. The second-order valence-corrected chi connectivity index (χ2v) is 19.8. The first-order valence-corrected chi connectivity index (χ1v) is 27.3. The molecule has 2 aliphatic heterocycles. The Hall–Kier alpha value is -9.34. The summed E-state index contributed by atoms with van der Waals surface area (Å²) in [5.74, 6) is 8.60. The van der Waals surface area contributed by atoms with Gasteiger partial charge in [-0.25, -0.2) is 28.7 Å². The van der Waals surface area contributed by atoms with Crippen molar-refractivity contribution in [3.8, 4) is 36.3 Å². The third-order valence-electron chi connectivity index (χ3n) is 12.4. The number of nitrogens with zero attached hydrogens (tertiary/aromatic N) is 14. The Balaban J connectivity index is 0.000000224. The van der Waals surface area contributed by atoms with Crippen LogP contribution in [0.25, 0.3) is 16.1 Å². The zero-order valence-electron chi connectivity index (χ0n) is 45.3. The molecule has 0 saturated carbocycles. The van der Waals surface area contributed by atoms with Crippen LogP contribution in [0.5, 0.6) is 0 Å². The number of hydrogen-bond donors (Lipinski definition) is 5. The van der Waals surface area contributed by atoms with Crippen molar-refractivity contribution in [1.29, 1.82) is 10.5 Å². The summed E-state index contributed by atoms with van der Waals surface area (Å²) in [6, 6.07) is 14.1. The second-order valence-electron chi connectivity index (χ2n) is 17.4. The van der Waals surface area contributed by atoms with Crippen LogP contribution in [0.1, 0.15) is 68.3 Å². The number of alkyl halides is 1. The number of anilines is 3. The van der Waals surface area contributed by atoms with Gasteiger partial charge in [-0.2, -0.15) is 20.7 Å². The molecule has 0 spiro atoms. The lowest BCUT2D eigenvalue weighted by atomic mass is 10.1. The molecule has 9 heterocycles. The molecule has 7 aromatic heterocycles. The Labute approximate surface area is 503 Å². The summed E-state index contributed by atoms with van der Waals surface area (Å²) in [5.41, 5.74) is 19.6. The van der Waals surface area contributed by atoms with Gasteiger partial charge in [0.15, 0.2) is 5.69 Å². The average Bonchev–Trinajstić information content (AvgIpc) is 4.09. The van der Waals surface area contributed by atoms with Crippen molar-refractivity contribution < 1.29 is 28.7 Å². The molecule has 8 N–H and O–H groups in total. The van der Waals surface area contributed by atoms with E-state index in [-0.39, 0.29) is 58.5 Å². The number of methoxy groups -OCH3 is 2. The summed E-state index contributed by atoms with van der Waals surface area (Å²) in [6.07, 6.45) is 17.4. The maximum absolute atomic E-state index is 12.4. The Morgan fingerprint density at radius 2 is 1.33 bits per heavy atom. The third-order valence-corrected chi connectivity index (χ3v) is 13.6. The van der Waals surface area contributed by atoms with Gasteiger partial charge in [0.2, 0.25) is 17.5 Å². The highest BCUT2D eigenvalue weighted by Crippen LogP contribution is 2.34. The summed E-state index contributed by atoms with van der Waals surface area (Å²) < 4.78 is 19.1. The number of carbonyl (C=O) groups excluding carboxylic acids is 4. The highest BCUT2D eigenvalue weighted by molar-refractivity contribution is 9.10. The Morgan fingerprint density at radius 3 is 1.78 bits per heavy atom. The van der Waals surface area contributed by atoms with Gasteiger partial charge in [0.25, 0.3) is 17.6 Å². The van der Waals surface area contributed by atoms with Crippen LogP contribution in [0.15, 0.2) is 102 Å². The maximum Gasteiger partial charge on any atom is 0.255 e. The van der Waals surface area contributed by atoms with Gasteiger partial charge < -0.3 is 52.0 Å². The van der Waals surface area contributed by atoms with E-state index in [1.807, 2.05) is 30.5 Å². The molecule has 0 unspecified atom stereocenters. The van der Waals surface area contributed by atoms with Gasteiger partial charge in [-0.3, -0.25) is 23.6 Å². The fourth-order valence-electron chi connectivity index (χ4n) is 8.86. The fraction of sp³-hybridized carbons (Fsp3) is 0.273. The first kappa shape index (κ1) is 64.5. The number of rotatable bonds is 12. The minimum atomic E-state index is -0.669. The molecule has 4 atom stereocenters. The molecule has 4 amide bonds. The number of halogens is 3. The number of nitrogen functional groups attached to an aromatic ring is 1. The molecule has 9 rings (SSSR count). The minimum Gasteiger partial charge on any atom is -0.384 e. The number of likely N-dealkylation sites (tertiary alicyclic amines) is 2. The van der Waals surface area contributed by atoms with E-state index in [1.54, 1.807) is 93.1 Å². The number of carbonyl (C=O) groups is 4. The standard InChI is InChI=1S/C24H24N8O3.C16H21N5O3.C8H4BrN3.C5H5BrN2.C2H2BrN/c1-4-21(33)31-13-16(10-17(31)14-35-3)32-24(27-2)22(23(26)34)19(29-32)6-5-15-7-8-30-18(11-25)12-28-20(30)9-15;1-5-12-14(15(17)23)16(18-3)21(19-12)10-7-11(9-24-4)20(8-10)13(22)6-2;1-10-8-5-11-7-4-6(9)2-3-12(7)8;6-4-1-2-8-5(7)3-4;3-1-2-4/h4,7-9,12,16-17,27H,1,10,13-14H2,2-3H3,(H2,26,34);1,6,10-11,18H,2,7-9H2,3-4H3,(H2,17,23);2-5H;1-3H,(H2,7,8);1H2/t16-,17+;10-,11+;;;/m00.../s1. The van der Waals surface area contributed by atoms with Crippen LogP contribution >= 0.6 is 47.8 Å². The van der Waals surface area contributed by atoms with E-state index in [0.717, 1.165) is 14.6 Å². The van der Waals surface area contributed by atoms with Crippen molar-refractivity contribution in [3.63, 3.8) is 0 Å². The maximum atomic E-state index is 12.4. The van der Waals surface area contributed by atoms with Crippen molar-refractivity contribution >= 4 is 106 Å². The number of pyridine rings is 3. The number of nitrogens with one attached hydrogen (secondary N) is 2. The molecule has 0 bridgehead atoms. The van der Waals surface area contributed by atoms with Crippen molar-refractivity contribution in [2.75, 3.05) is 76.3 Å². The van der Waals surface area contributed by atoms with Crippen molar-refractivity contribution in [1.82, 2.24) is 53.1 Å². The van der Waals surface area contributed by atoms with Gasteiger partial charge in [0, 0.05) is 74.4 Å². The Kier molecular flexibility index (Phi) is 24.1.